The van der Waals surface area contributed by atoms with Crippen LogP contribution >= 0.6 is 0 Å². The van der Waals surface area contributed by atoms with Crippen LogP contribution in [-0.4, -0.2) is 42.6 Å². The highest BCUT2D eigenvalue weighted by atomic mass is 16.6. The Balaban J connectivity index is 2.69. The van der Waals surface area contributed by atoms with Gasteiger partial charge in [0.15, 0.2) is 0 Å². The number of carbonyl (C=O) groups is 2. The average molecular weight is 270 g/mol. The number of hydrogen-bond acceptors (Lipinski definition) is 3. The molecule has 110 valence electrons. The molecular formula is C14H26N2O3. The molecule has 1 aliphatic carbocycles. The van der Waals surface area contributed by atoms with Crippen LogP contribution in [0.5, 0.6) is 0 Å². The number of alkyl carbamates (subject to hydrolysis) is 1. The van der Waals surface area contributed by atoms with E-state index in [1.807, 2.05) is 20.8 Å². The molecule has 1 atom stereocenters. The molecule has 5 nitrogen and oxygen atoms in total. The second kappa shape index (κ2) is 6.26. The van der Waals surface area contributed by atoms with Gasteiger partial charge in [0.2, 0.25) is 5.91 Å². The quantitative estimate of drug-likeness (QED) is 0.855. The first-order valence-electron chi connectivity index (χ1n) is 6.91. The summed E-state index contributed by atoms with van der Waals surface area (Å²) in [5.74, 6) is 0.167. The van der Waals surface area contributed by atoms with Crippen molar-refractivity contribution in [3.8, 4) is 0 Å². The first kappa shape index (κ1) is 15.8. The van der Waals surface area contributed by atoms with E-state index in [0.717, 1.165) is 25.7 Å². The van der Waals surface area contributed by atoms with Crippen molar-refractivity contribution in [3.05, 3.63) is 0 Å². The molecule has 1 N–H and O–H groups in total. The van der Waals surface area contributed by atoms with Crippen LogP contribution in [0, 0.1) is 5.92 Å². The van der Waals surface area contributed by atoms with Crippen molar-refractivity contribution in [2.24, 2.45) is 5.92 Å². The molecule has 1 rings (SSSR count). The number of likely N-dealkylation sites (N-methyl/N-ethyl adjacent to an activating group) is 1. The minimum Gasteiger partial charge on any atom is -0.444 e. The SMILES string of the molecule is CN(C)C(=O)[C@@H](NC(=O)OC(C)(C)C)C1CCCC1. The van der Waals surface area contributed by atoms with Gasteiger partial charge in [-0.2, -0.15) is 0 Å². The second-order valence-electron chi connectivity index (χ2n) is 6.40. The monoisotopic (exact) mass is 270 g/mol. The lowest BCUT2D eigenvalue weighted by Crippen LogP contribution is -2.51. The highest BCUT2D eigenvalue weighted by Gasteiger charge is 2.34. The summed E-state index contributed by atoms with van der Waals surface area (Å²) in [4.78, 5) is 25.6. The Labute approximate surface area is 115 Å². The standard InChI is InChI=1S/C14H26N2O3/c1-14(2,3)19-13(18)15-11(12(17)16(4)5)10-8-6-7-9-10/h10-11H,6-9H2,1-5H3,(H,15,18)/t11-/m0/s1. The van der Waals surface area contributed by atoms with Gasteiger partial charge in [-0.25, -0.2) is 4.79 Å². The van der Waals surface area contributed by atoms with Gasteiger partial charge in [-0.15, -0.1) is 0 Å². The van der Waals surface area contributed by atoms with Gasteiger partial charge in [-0.05, 0) is 39.5 Å². The van der Waals surface area contributed by atoms with E-state index in [-0.39, 0.29) is 11.8 Å². The molecule has 0 aromatic rings. The van der Waals surface area contributed by atoms with Crippen LogP contribution in [-0.2, 0) is 9.53 Å². The first-order valence-corrected chi connectivity index (χ1v) is 6.91. The Morgan fingerprint density at radius 1 is 1.21 bits per heavy atom. The van der Waals surface area contributed by atoms with Gasteiger partial charge in [-0.1, -0.05) is 12.8 Å². The summed E-state index contributed by atoms with van der Waals surface area (Å²) in [7, 11) is 3.42. The van der Waals surface area contributed by atoms with E-state index < -0.39 is 17.7 Å². The summed E-state index contributed by atoms with van der Waals surface area (Å²) >= 11 is 0. The van der Waals surface area contributed by atoms with Crippen LogP contribution in [0.15, 0.2) is 0 Å². The van der Waals surface area contributed by atoms with Crippen molar-refractivity contribution in [2.75, 3.05) is 14.1 Å². The molecule has 0 saturated heterocycles. The summed E-state index contributed by atoms with van der Waals surface area (Å²) < 4.78 is 5.24. The largest absolute Gasteiger partial charge is 0.444 e. The number of hydrogen-bond donors (Lipinski definition) is 1. The molecule has 0 aromatic carbocycles. The molecule has 0 bridgehead atoms. The normalized spacial score (nSPS) is 17.9. The third kappa shape index (κ3) is 5.09. The lowest BCUT2D eigenvalue weighted by Gasteiger charge is -2.28. The molecule has 0 heterocycles. The van der Waals surface area contributed by atoms with Crippen molar-refractivity contribution in [3.63, 3.8) is 0 Å². The van der Waals surface area contributed by atoms with E-state index >= 15 is 0 Å². The Morgan fingerprint density at radius 2 is 1.74 bits per heavy atom. The van der Waals surface area contributed by atoms with Crippen LogP contribution in [0.4, 0.5) is 4.79 Å². The highest BCUT2D eigenvalue weighted by molar-refractivity contribution is 5.85. The summed E-state index contributed by atoms with van der Waals surface area (Å²) in [5, 5.41) is 2.74. The smallest absolute Gasteiger partial charge is 0.408 e. The number of carbonyl (C=O) groups excluding carboxylic acids is 2. The number of amides is 2. The summed E-state index contributed by atoms with van der Waals surface area (Å²) in [6.07, 6.45) is 3.70. The second-order valence-corrected chi connectivity index (χ2v) is 6.40. The van der Waals surface area contributed by atoms with Gasteiger partial charge in [0.05, 0.1) is 0 Å². The zero-order valence-electron chi connectivity index (χ0n) is 12.7. The van der Waals surface area contributed by atoms with Gasteiger partial charge in [0.25, 0.3) is 0 Å². The van der Waals surface area contributed by atoms with E-state index in [9.17, 15) is 9.59 Å². The first-order chi connectivity index (χ1) is 8.70. The maximum absolute atomic E-state index is 12.2. The maximum atomic E-state index is 12.2. The molecule has 5 heteroatoms. The van der Waals surface area contributed by atoms with Crippen LogP contribution in [0.1, 0.15) is 46.5 Å². The van der Waals surface area contributed by atoms with E-state index in [4.69, 9.17) is 4.74 Å². The fraction of sp³-hybridized carbons (Fsp3) is 0.857. The van der Waals surface area contributed by atoms with Crippen molar-refractivity contribution in [1.82, 2.24) is 10.2 Å². The van der Waals surface area contributed by atoms with E-state index in [1.54, 1.807) is 14.1 Å². The predicted molar refractivity (Wildman–Crippen MR) is 73.8 cm³/mol. The molecule has 1 fully saturated rings. The Hall–Kier alpha value is -1.26. The average Bonchev–Trinajstić information content (AvgIpc) is 2.75. The van der Waals surface area contributed by atoms with Gasteiger partial charge >= 0.3 is 6.09 Å². The minimum atomic E-state index is -0.550. The summed E-state index contributed by atoms with van der Waals surface area (Å²) in [5.41, 5.74) is -0.550. The molecule has 1 aliphatic rings. The summed E-state index contributed by atoms with van der Waals surface area (Å²) in [6, 6.07) is -0.465. The predicted octanol–water partition coefficient (Wildman–Crippen LogP) is 2.16. The Bertz CT molecular complexity index is 328. The van der Waals surface area contributed by atoms with Crippen molar-refractivity contribution in [2.45, 2.75) is 58.1 Å². The Morgan fingerprint density at radius 3 is 2.16 bits per heavy atom. The molecule has 1 saturated carbocycles. The molecule has 2 amide bonds. The van der Waals surface area contributed by atoms with E-state index in [2.05, 4.69) is 5.32 Å². The van der Waals surface area contributed by atoms with Gasteiger partial charge in [0.1, 0.15) is 11.6 Å². The third-order valence-corrected chi connectivity index (χ3v) is 3.25. The molecule has 0 spiro atoms. The lowest BCUT2D eigenvalue weighted by molar-refractivity contribution is -0.132. The molecule has 19 heavy (non-hydrogen) atoms. The van der Waals surface area contributed by atoms with Crippen molar-refractivity contribution >= 4 is 12.0 Å². The fourth-order valence-corrected chi connectivity index (χ4v) is 2.38. The van der Waals surface area contributed by atoms with Crippen molar-refractivity contribution < 1.29 is 14.3 Å². The number of ether oxygens (including phenoxy) is 1. The molecule has 0 aliphatic heterocycles. The zero-order chi connectivity index (χ0) is 14.6. The molecular weight excluding hydrogens is 244 g/mol. The van der Waals surface area contributed by atoms with Gasteiger partial charge in [-0.3, -0.25) is 4.79 Å². The van der Waals surface area contributed by atoms with E-state index in [0.29, 0.717) is 0 Å². The number of nitrogens with one attached hydrogen (secondary N) is 1. The maximum Gasteiger partial charge on any atom is 0.408 e. The fourth-order valence-electron chi connectivity index (χ4n) is 2.38. The van der Waals surface area contributed by atoms with Crippen LogP contribution in [0.2, 0.25) is 0 Å². The van der Waals surface area contributed by atoms with Crippen molar-refractivity contribution in [1.29, 1.82) is 0 Å². The highest BCUT2D eigenvalue weighted by Crippen LogP contribution is 2.28. The third-order valence-electron chi connectivity index (χ3n) is 3.25. The van der Waals surface area contributed by atoms with E-state index in [1.165, 1.54) is 4.90 Å². The zero-order valence-corrected chi connectivity index (χ0v) is 12.7. The molecule has 0 unspecified atom stereocenters. The topological polar surface area (TPSA) is 58.6 Å². The minimum absolute atomic E-state index is 0.0576. The number of nitrogens with zero attached hydrogens (tertiary/aromatic N) is 1. The van der Waals surface area contributed by atoms with Gasteiger partial charge in [0, 0.05) is 14.1 Å². The number of rotatable bonds is 3. The van der Waals surface area contributed by atoms with Crippen LogP contribution < -0.4 is 5.32 Å². The van der Waals surface area contributed by atoms with Crippen LogP contribution in [0.3, 0.4) is 0 Å². The molecule has 0 radical (unpaired) electrons. The van der Waals surface area contributed by atoms with Gasteiger partial charge < -0.3 is 15.0 Å². The summed E-state index contributed by atoms with van der Waals surface area (Å²) in [6.45, 7) is 5.43. The Kier molecular flexibility index (Phi) is 5.20. The molecule has 0 aromatic heterocycles. The van der Waals surface area contributed by atoms with Crippen LogP contribution in [0.25, 0.3) is 0 Å². The lowest BCUT2D eigenvalue weighted by atomic mass is 9.97.